The highest BCUT2D eigenvalue weighted by atomic mass is 16.5. The molecule has 0 spiro atoms. The summed E-state index contributed by atoms with van der Waals surface area (Å²) in [4.78, 5) is 2.61. The molecular weight excluding hydrogens is 270 g/mol. The lowest BCUT2D eigenvalue weighted by molar-refractivity contribution is -0.0784. The van der Waals surface area contributed by atoms with Crippen molar-refractivity contribution in [3.8, 4) is 0 Å². The Morgan fingerprint density at radius 2 is 1.55 bits per heavy atom. The fourth-order valence-corrected chi connectivity index (χ4v) is 4.12. The second-order valence-electron chi connectivity index (χ2n) is 7.03. The summed E-state index contributed by atoms with van der Waals surface area (Å²) in [5, 5.41) is 0. The summed E-state index contributed by atoms with van der Waals surface area (Å²) in [6, 6.07) is 10.9. The SMILES string of the molecule is c1ccc(C2(OCCCN3CCCCC3)CCCCC2)cc1. The molecular formula is C20H31NO. The van der Waals surface area contributed by atoms with Gasteiger partial charge < -0.3 is 9.64 Å². The first-order valence-electron chi connectivity index (χ1n) is 9.31. The summed E-state index contributed by atoms with van der Waals surface area (Å²) in [7, 11) is 0. The third kappa shape index (κ3) is 4.11. The number of piperidine rings is 1. The molecule has 3 rings (SSSR count). The molecule has 1 saturated carbocycles. The topological polar surface area (TPSA) is 12.5 Å². The number of hydrogen-bond donors (Lipinski definition) is 0. The maximum atomic E-state index is 6.52. The molecule has 1 aromatic rings. The zero-order chi connectivity index (χ0) is 15.1. The molecule has 22 heavy (non-hydrogen) atoms. The Hall–Kier alpha value is -0.860. The van der Waals surface area contributed by atoms with E-state index in [2.05, 4.69) is 35.2 Å². The van der Waals surface area contributed by atoms with E-state index in [1.807, 2.05) is 0 Å². The van der Waals surface area contributed by atoms with Crippen LogP contribution in [0.1, 0.15) is 63.4 Å². The molecule has 2 heteroatoms. The van der Waals surface area contributed by atoms with E-state index in [4.69, 9.17) is 4.74 Å². The summed E-state index contributed by atoms with van der Waals surface area (Å²) in [5.74, 6) is 0. The van der Waals surface area contributed by atoms with Crippen molar-refractivity contribution in [1.82, 2.24) is 4.90 Å². The van der Waals surface area contributed by atoms with Gasteiger partial charge in [-0.3, -0.25) is 0 Å². The van der Waals surface area contributed by atoms with Crippen LogP contribution in [0, 0.1) is 0 Å². The fourth-order valence-electron chi connectivity index (χ4n) is 4.12. The van der Waals surface area contributed by atoms with Crippen molar-refractivity contribution >= 4 is 0 Å². The number of benzene rings is 1. The van der Waals surface area contributed by atoms with Crippen LogP contribution < -0.4 is 0 Å². The van der Waals surface area contributed by atoms with Gasteiger partial charge in [0.15, 0.2) is 0 Å². The van der Waals surface area contributed by atoms with E-state index < -0.39 is 0 Å². The molecule has 0 amide bonds. The molecule has 2 nitrogen and oxygen atoms in total. The number of hydrogen-bond acceptors (Lipinski definition) is 2. The van der Waals surface area contributed by atoms with Crippen LogP contribution in [0.4, 0.5) is 0 Å². The van der Waals surface area contributed by atoms with Crippen molar-refractivity contribution < 1.29 is 4.74 Å². The average Bonchev–Trinajstić information content (AvgIpc) is 2.61. The minimum Gasteiger partial charge on any atom is -0.370 e. The van der Waals surface area contributed by atoms with Crippen molar-refractivity contribution in [1.29, 1.82) is 0 Å². The van der Waals surface area contributed by atoms with Crippen molar-refractivity contribution in [2.24, 2.45) is 0 Å². The molecule has 0 atom stereocenters. The minimum absolute atomic E-state index is 0.00140. The first-order valence-corrected chi connectivity index (χ1v) is 9.31. The van der Waals surface area contributed by atoms with Crippen LogP contribution in [0.25, 0.3) is 0 Å². The van der Waals surface area contributed by atoms with Crippen LogP contribution >= 0.6 is 0 Å². The first-order chi connectivity index (χ1) is 10.9. The van der Waals surface area contributed by atoms with E-state index in [1.54, 1.807) is 0 Å². The van der Waals surface area contributed by atoms with Crippen molar-refractivity contribution in [3.05, 3.63) is 35.9 Å². The van der Waals surface area contributed by atoms with Gasteiger partial charge in [-0.2, -0.15) is 0 Å². The lowest BCUT2D eigenvalue weighted by atomic mass is 9.79. The van der Waals surface area contributed by atoms with Gasteiger partial charge in [-0.15, -0.1) is 0 Å². The monoisotopic (exact) mass is 301 g/mol. The number of likely N-dealkylation sites (tertiary alicyclic amines) is 1. The highest BCUT2D eigenvalue weighted by Crippen LogP contribution is 2.40. The fraction of sp³-hybridized carbons (Fsp3) is 0.700. The maximum absolute atomic E-state index is 6.52. The van der Waals surface area contributed by atoms with Crippen molar-refractivity contribution in [2.45, 2.75) is 63.4 Å². The maximum Gasteiger partial charge on any atom is 0.0931 e. The molecule has 0 bridgehead atoms. The second-order valence-corrected chi connectivity index (χ2v) is 7.03. The molecule has 2 fully saturated rings. The van der Waals surface area contributed by atoms with E-state index in [-0.39, 0.29) is 5.60 Å². The number of nitrogens with zero attached hydrogens (tertiary/aromatic N) is 1. The summed E-state index contributed by atoms with van der Waals surface area (Å²) in [6.45, 7) is 4.71. The Morgan fingerprint density at radius 3 is 2.27 bits per heavy atom. The lowest BCUT2D eigenvalue weighted by Crippen LogP contribution is -2.34. The van der Waals surface area contributed by atoms with Gasteiger partial charge in [0.2, 0.25) is 0 Å². The third-order valence-corrected chi connectivity index (χ3v) is 5.41. The van der Waals surface area contributed by atoms with Crippen LogP contribution in [0.5, 0.6) is 0 Å². The van der Waals surface area contributed by atoms with Crippen LogP contribution in [0.3, 0.4) is 0 Å². The van der Waals surface area contributed by atoms with Gasteiger partial charge in [-0.1, -0.05) is 56.0 Å². The zero-order valence-electron chi connectivity index (χ0n) is 13.9. The quantitative estimate of drug-likeness (QED) is 0.704. The van der Waals surface area contributed by atoms with Crippen LogP contribution in [0.2, 0.25) is 0 Å². The van der Waals surface area contributed by atoms with Crippen LogP contribution in [0.15, 0.2) is 30.3 Å². The number of rotatable bonds is 6. The Kier molecular flexibility index (Phi) is 5.91. The molecule has 0 N–H and O–H groups in total. The molecule has 0 radical (unpaired) electrons. The van der Waals surface area contributed by atoms with Gasteiger partial charge >= 0.3 is 0 Å². The Morgan fingerprint density at radius 1 is 0.864 bits per heavy atom. The summed E-state index contributed by atoms with van der Waals surface area (Å²) in [5.41, 5.74) is 1.40. The standard InChI is InChI=1S/C20H31NO/c1-4-11-19(12-5-1)20(13-6-2-7-14-20)22-18-10-17-21-15-8-3-9-16-21/h1,4-5,11-12H,2-3,6-10,13-18H2. The normalized spacial score (nSPS) is 22.5. The predicted molar refractivity (Wildman–Crippen MR) is 92.1 cm³/mol. The van der Waals surface area contributed by atoms with Gasteiger partial charge in [0.1, 0.15) is 0 Å². The molecule has 1 aliphatic carbocycles. The third-order valence-electron chi connectivity index (χ3n) is 5.41. The van der Waals surface area contributed by atoms with Gasteiger partial charge in [0.25, 0.3) is 0 Å². The largest absolute Gasteiger partial charge is 0.370 e. The minimum atomic E-state index is 0.00140. The smallest absolute Gasteiger partial charge is 0.0931 e. The van der Waals surface area contributed by atoms with Crippen molar-refractivity contribution in [3.63, 3.8) is 0 Å². The molecule has 0 unspecified atom stereocenters. The van der Waals surface area contributed by atoms with Gasteiger partial charge in [-0.25, -0.2) is 0 Å². The number of ether oxygens (including phenoxy) is 1. The molecule has 0 aromatic heterocycles. The van der Waals surface area contributed by atoms with Crippen LogP contribution in [-0.4, -0.2) is 31.1 Å². The predicted octanol–water partition coefficient (Wildman–Crippen LogP) is 4.74. The zero-order valence-corrected chi connectivity index (χ0v) is 13.9. The van der Waals surface area contributed by atoms with Crippen molar-refractivity contribution in [2.75, 3.05) is 26.2 Å². The van der Waals surface area contributed by atoms with E-state index in [0.717, 1.165) is 6.61 Å². The molecule has 1 heterocycles. The highest BCUT2D eigenvalue weighted by molar-refractivity contribution is 5.23. The van der Waals surface area contributed by atoms with E-state index in [9.17, 15) is 0 Å². The Bertz CT molecular complexity index is 419. The average molecular weight is 301 g/mol. The Labute approximate surface area is 135 Å². The van der Waals surface area contributed by atoms with Gasteiger partial charge in [0, 0.05) is 13.2 Å². The second kappa shape index (κ2) is 8.12. The summed E-state index contributed by atoms with van der Waals surface area (Å²) >= 11 is 0. The highest BCUT2D eigenvalue weighted by Gasteiger charge is 2.34. The van der Waals surface area contributed by atoms with E-state index in [0.29, 0.717) is 0 Å². The molecule has 1 saturated heterocycles. The molecule has 2 aliphatic rings. The van der Waals surface area contributed by atoms with Gasteiger partial charge in [0.05, 0.1) is 5.60 Å². The summed E-state index contributed by atoms with van der Waals surface area (Å²) in [6.07, 6.45) is 11.7. The van der Waals surface area contributed by atoms with E-state index in [1.165, 1.54) is 83.0 Å². The lowest BCUT2D eigenvalue weighted by Gasteiger charge is -2.38. The first kappa shape index (κ1) is 16.0. The van der Waals surface area contributed by atoms with Gasteiger partial charge in [-0.05, 0) is 50.8 Å². The Balaban J connectivity index is 1.52. The van der Waals surface area contributed by atoms with E-state index >= 15 is 0 Å². The summed E-state index contributed by atoms with van der Waals surface area (Å²) < 4.78 is 6.52. The van der Waals surface area contributed by atoms with Crippen LogP contribution in [-0.2, 0) is 10.3 Å². The molecule has 1 aliphatic heterocycles. The molecule has 122 valence electrons. The molecule has 1 aromatic carbocycles.